The summed E-state index contributed by atoms with van der Waals surface area (Å²) in [5.41, 5.74) is 5.85. The first-order chi connectivity index (χ1) is 9.02. The van der Waals surface area contributed by atoms with Crippen molar-refractivity contribution in [2.75, 3.05) is 7.11 Å². The van der Waals surface area contributed by atoms with E-state index in [0.717, 1.165) is 22.1 Å². The summed E-state index contributed by atoms with van der Waals surface area (Å²) in [7, 11) is 1.62. The maximum absolute atomic E-state index is 10.9. The summed E-state index contributed by atoms with van der Waals surface area (Å²) >= 11 is 0. The van der Waals surface area contributed by atoms with Crippen molar-refractivity contribution in [3.8, 4) is 5.75 Å². The van der Waals surface area contributed by atoms with E-state index in [2.05, 4.69) is 0 Å². The van der Waals surface area contributed by atoms with E-state index in [1.54, 1.807) is 14.0 Å². The number of hydroxylamine groups is 2. The van der Waals surface area contributed by atoms with Crippen molar-refractivity contribution in [2.24, 2.45) is 5.73 Å². The number of carbonyl (C=O) groups is 1. The van der Waals surface area contributed by atoms with Crippen molar-refractivity contribution in [2.45, 2.75) is 13.0 Å². The minimum Gasteiger partial charge on any atom is -0.497 e. The van der Waals surface area contributed by atoms with Gasteiger partial charge < -0.3 is 10.5 Å². The van der Waals surface area contributed by atoms with Gasteiger partial charge >= 0.3 is 6.03 Å². The maximum atomic E-state index is 10.9. The minimum absolute atomic E-state index is 0. The number of amides is 2. The number of urea groups is 1. The molecule has 5 nitrogen and oxygen atoms in total. The summed E-state index contributed by atoms with van der Waals surface area (Å²) in [5.74, 6) is 0.786. The molecule has 3 N–H and O–H groups in total. The third-order valence-electron chi connectivity index (χ3n) is 3.15. The summed E-state index contributed by atoms with van der Waals surface area (Å²) in [6.45, 7) is 1.70. The van der Waals surface area contributed by atoms with E-state index < -0.39 is 12.1 Å². The Morgan fingerprint density at radius 1 is 1.25 bits per heavy atom. The molecule has 2 aromatic carbocycles. The molecule has 0 spiro atoms. The molecule has 0 saturated heterocycles. The molecule has 0 aliphatic carbocycles. The van der Waals surface area contributed by atoms with E-state index in [1.165, 1.54) is 0 Å². The van der Waals surface area contributed by atoms with Crippen LogP contribution in [0, 0.1) is 0 Å². The number of ether oxygens (including phenoxy) is 1. The van der Waals surface area contributed by atoms with Gasteiger partial charge in [0.2, 0.25) is 0 Å². The fourth-order valence-electron chi connectivity index (χ4n) is 1.96. The second-order valence-electron chi connectivity index (χ2n) is 4.33. The summed E-state index contributed by atoms with van der Waals surface area (Å²) < 4.78 is 5.16. The van der Waals surface area contributed by atoms with Crippen LogP contribution in [0.4, 0.5) is 4.79 Å². The first kappa shape index (κ1) is 17.4. The SMILES string of the molecule is COc1ccc2cc(C(C)N(O)C(N)=O)ccc2c1.[K]. The zero-order valence-corrected chi connectivity index (χ0v) is 15.0. The molecule has 0 saturated carbocycles. The molecule has 0 fully saturated rings. The molecular weight excluding hydrogens is 283 g/mol. The van der Waals surface area contributed by atoms with E-state index in [4.69, 9.17) is 10.5 Å². The average Bonchev–Trinajstić information content (AvgIpc) is 2.44. The van der Waals surface area contributed by atoms with E-state index in [-0.39, 0.29) is 51.4 Å². The van der Waals surface area contributed by atoms with E-state index in [9.17, 15) is 10.0 Å². The molecule has 0 aliphatic heterocycles. The Morgan fingerprint density at radius 2 is 1.85 bits per heavy atom. The van der Waals surface area contributed by atoms with Gasteiger partial charge in [-0.3, -0.25) is 5.21 Å². The molecule has 0 aromatic heterocycles. The normalized spacial score (nSPS) is 11.6. The third kappa shape index (κ3) is 3.72. The average molecular weight is 299 g/mol. The van der Waals surface area contributed by atoms with Crippen LogP contribution in [0.2, 0.25) is 0 Å². The molecule has 0 bridgehead atoms. The van der Waals surface area contributed by atoms with Gasteiger partial charge in [0.25, 0.3) is 0 Å². The molecule has 6 heteroatoms. The predicted octanol–water partition coefficient (Wildman–Crippen LogP) is 2.30. The topological polar surface area (TPSA) is 75.8 Å². The first-order valence-electron chi connectivity index (χ1n) is 5.88. The molecule has 0 heterocycles. The van der Waals surface area contributed by atoms with Crippen LogP contribution >= 0.6 is 0 Å². The largest absolute Gasteiger partial charge is 0.497 e. The van der Waals surface area contributed by atoms with Crippen molar-refractivity contribution < 1.29 is 14.7 Å². The Balaban J connectivity index is 0.00000200. The number of hydrogen-bond donors (Lipinski definition) is 2. The standard InChI is InChI=1S/C14H16N2O3.K/c1-9(16(18)14(15)17)10-3-4-12-8-13(19-2)6-5-11(12)7-10;/h3-9,18H,1-2H3,(H2,15,17);. The van der Waals surface area contributed by atoms with Gasteiger partial charge in [-0.2, -0.15) is 5.06 Å². The van der Waals surface area contributed by atoms with Crippen LogP contribution in [0.15, 0.2) is 36.4 Å². The van der Waals surface area contributed by atoms with Crippen LogP contribution in [-0.4, -0.2) is 74.8 Å². The molecule has 2 rings (SSSR count). The molecule has 1 radical (unpaired) electrons. The summed E-state index contributed by atoms with van der Waals surface area (Å²) in [5, 5.41) is 12.1. The quantitative estimate of drug-likeness (QED) is 0.519. The van der Waals surface area contributed by atoms with Crippen molar-refractivity contribution in [1.29, 1.82) is 0 Å². The fourth-order valence-corrected chi connectivity index (χ4v) is 1.96. The molecule has 1 atom stereocenters. The number of nitrogens with two attached hydrogens (primary N) is 1. The number of primary amides is 1. The molecule has 2 amide bonds. The molecular formula is C14H16KN2O3. The first-order valence-corrected chi connectivity index (χ1v) is 5.88. The number of rotatable bonds is 3. The smallest absolute Gasteiger partial charge is 0.339 e. The van der Waals surface area contributed by atoms with Crippen LogP contribution in [0.5, 0.6) is 5.75 Å². The summed E-state index contributed by atoms with van der Waals surface area (Å²) in [4.78, 5) is 10.9. The van der Waals surface area contributed by atoms with Crippen LogP contribution in [0.25, 0.3) is 10.8 Å². The maximum Gasteiger partial charge on any atom is 0.339 e. The number of carbonyl (C=O) groups excluding carboxylic acids is 1. The minimum atomic E-state index is -0.873. The Kier molecular flexibility index (Phi) is 6.44. The van der Waals surface area contributed by atoms with Gasteiger partial charge in [-0.05, 0) is 41.5 Å². The van der Waals surface area contributed by atoms with Crippen molar-refractivity contribution in [3.05, 3.63) is 42.0 Å². The summed E-state index contributed by atoms with van der Waals surface area (Å²) in [6, 6.07) is 10.0. The van der Waals surface area contributed by atoms with Crippen LogP contribution < -0.4 is 10.5 Å². The van der Waals surface area contributed by atoms with Gasteiger partial charge in [0, 0.05) is 51.4 Å². The molecule has 20 heavy (non-hydrogen) atoms. The molecule has 1 unspecified atom stereocenters. The van der Waals surface area contributed by atoms with Gasteiger partial charge in [0.05, 0.1) is 13.2 Å². The van der Waals surface area contributed by atoms with Crippen LogP contribution in [-0.2, 0) is 0 Å². The Morgan fingerprint density at radius 3 is 2.45 bits per heavy atom. The van der Waals surface area contributed by atoms with E-state index in [0.29, 0.717) is 5.06 Å². The van der Waals surface area contributed by atoms with Gasteiger partial charge in [-0.25, -0.2) is 4.79 Å². The Hall–Kier alpha value is -0.634. The molecule has 101 valence electrons. The fraction of sp³-hybridized carbons (Fsp3) is 0.214. The predicted molar refractivity (Wildman–Crippen MR) is 77.9 cm³/mol. The zero-order chi connectivity index (χ0) is 14.0. The van der Waals surface area contributed by atoms with Gasteiger partial charge in [-0.15, -0.1) is 0 Å². The van der Waals surface area contributed by atoms with Gasteiger partial charge in [0.1, 0.15) is 5.75 Å². The monoisotopic (exact) mass is 299 g/mol. The van der Waals surface area contributed by atoms with Crippen LogP contribution in [0.3, 0.4) is 0 Å². The van der Waals surface area contributed by atoms with E-state index in [1.807, 2.05) is 36.4 Å². The second-order valence-corrected chi connectivity index (χ2v) is 4.33. The van der Waals surface area contributed by atoms with Crippen molar-refractivity contribution >= 4 is 68.2 Å². The van der Waals surface area contributed by atoms with E-state index >= 15 is 0 Å². The number of benzene rings is 2. The molecule has 0 aliphatic rings. The third-order valence-corrected chi connectivity index (χ3v) is 3.15. The number of hydrogen-bond acceptors (Lipinski definition) is 3. The van der Waals surface area contributed by atoms with Gasteiger partial charge in [0.15, 0.2) is 0 Å². The Labute approximate surface area is 160 Å². The number of nitrogens with zero attached hydrogens (tertiary/aromatic N) is 1. The van der Waals surface area contributed by atoms with Gasteiger partial charge in [-0.1, -0.05) is 18.2 Å². The Bertz CT molecular complexity index is 618. The molecule has 2 aromatic rings. The van der Waals surface area contributed by atoms with Crippen LogP contribution in [0.1, 0.15) is 18.5 Å². The summed E-state index contributed by atoms with van der Waals surface area (Å²) in [6.07, 6.45) is 0. The van der Waals surface area contributed by atoms with Crippen molar-refractivity contribution in [1.82, 2.24) is 5.06 Å². The second kappa shape index (κ2) is 7.40. The van der Waals surface area contributed by atoms with Crippen molar-refractivity contribution in [3.63, 3.8) is 0 Å². The number of methoxy groups -OCH3 is 1. The zero-order valence-electron chi connectivity index (χ0n) is 11.8. The number of fused-ring (bicyclic) bond motifs is 1.